The Kier molecular flexibility index (Phi) is 12.4. The Morgan fingerprint density at radius 2 is 1.19 bits per heavy atom. The molecule has 0 unspecified atom stereocenters. The Morgan fingerprint density at radius 3 is 1.75 bits per heavy atom. The maximum Gasteiger partial charge on any atom is 0.303 e. The van der Waals surface area contributed by atoms with Gasteiger partial charge in [0.2, 0.25) is 5.91 Å². The molecule has 276 valence electrons. The highest BCUT2D eigenvalue weighted by Gasteiger charge is 2.52. The number of esters is 4. The molecule has 0 bridgehead atoms. The first kappa shape index (κ1) is 38.1. The van der Waals surface area contributed by atoms with E-state index in [-0.39, 0.29) is 36.7 Å². The number of hydrogen-bond donors (Lipinski definition) is 0. The fourth-order valence-corrected chi connectivity index (χ4v) is 6.84. The normalized spacial score (nSPS) is 24.0. The quantitative estimate of drug-likeness (QED) is 0.129. The molecule has 3 aromatic carbocycles. The SMILES string of the molecule is CC(=O)OC[C@H]1O[C@@H](Cc2ccc([C@@H]3[C@@H](CCCc4ccc(F)cc4)C(=O)N3c3ccc(F)cc3)cc2)[C@H](OC(C)=O)[C@@H](OC(C)=O)[C@H]1OC(C)=O. The average molecular weight is 722 g/mol. The molecule has 0 aromatic heterocycles. The number of amides is 1. The van der Waals surface area contributed by atoms with Crippen LogP contribution in [0.25, 0.3) is 0 Å². The van der Waals surface area contributed by atoms with Gasteiger partial charge in [0.25, 0.3) is 0 Å². The second-order valence-corrected chi connectivity index (χ2v) is 12.9. The summed E-state index contributed by atoms with van der Waals surface area (Å²) in [6.07, 6.45) is -3.62. The van der Waals surface area contributed by atoms with E-state index in [1.807, 2.05) is 24.3 Å². The van der Waals surface area contributed by atoms with Gasteiger partial charge in [0, 0.05) is 39.8 Å². The van der Waals surface area contributed by atoms with Crippen LogP contribution in [0.5, 0.6) is 0 Å². The number of nitrogens with zero attached hydrogens (tertiary/aromatic N) is 1. The lowest BCUT2D eigenvalue weighted by atomic mass is 9.78. The highest BCUT2D eigenvalue weighted by atomic mass is 19.1. The molecule has 2 heterocycles. The van der Waals surface area contributed by atoms with Crippen LogP contribution in [0.4, 0.5) is 14.5 Å². The van der Waals surface area contributed by atoms with Crippen molar-refractivity contribution in [2.75, 3.05) is 11.5 Å². The minimum Gasteiger partial charge on any atom is -0.463 e. The zero-order chi connectivity index (χ0) is 37.5. The van der Waals surface area contributed by atoms with Crippen LogP contribution in [0.3, 0.4) is 0 Å². The summed E-state index contributed by atoms with van der Waals surface area (Å²) in [5, 5.41) is 0. The molecule has 2 fully saturated rings. The van der Waals surface area contributed by atoms with Gasteiger partial charge in [-0.15, -0.1) is 0 Å². The van der Waals surface area contributed by atoms with E-state index in [2.05, 4.69) is 0 Å². The molecule has 0 radical (unpaired) electrons. The van der Waals surface area contributed by atoms with E-state index >= 15 is 0 Å². The minimum atomic E-state index is -1.27. The molecule has 3 aromatic rings. The fraction of sp³-hybridized carbons (Fsp3) is 0.410. The van der Waals surface area contributed by atoms with Gasteiger partial charge in [0.05, 0.1) is 12.0 Å². The lowest BCUT2D eigenvalue weighted by Gasteiger charge is -2.48. The molecule has 0 saturated carbocycles. The molecule has 0 N–H and O–H groups in total. The highest BCUT2D eigenvalue weighted by Crippen LogP contribution is 2.46. The molecule has 1 amide bonds. The van der Waals surface area contributed by atoms with Crippen LogP contribution >= 0.6 is 0 Å². The molecule has 11 nitrogen and oxygen atoms in total. The predicted octanol–water partition coefficient (Wildman–Crippen LogP) is 5.36. The fourth-order valence-electron chi connectivity index (χ4n) is 6.84. The first-order valence-electron chi connectivity index (χ1n) is 17.0. The lowest BCUT2D eigenvalue weighted by Crippen LogP contribution is -2.62. The van der Waals surface area contributed by atoms with Gasteiger partial charge in [0.15, 0.2) is 18.3 Å². The maximum absolute atomic E-state index is 13.8. The Balaban J connectivity index is 1.39. The van der Waals surface area contributed by atoms with E-state index in [1.54, 1.807) is 29.2 Å². The van der Waals surface area contributed by atoms with Crippen molar-refractivity contribution in [1.29, 1.82) is 0 Å². The van der Waals surface area contributed by atoms with Crippen molar-refractivity contribution in [3.05, 3.63) is 101 Å². The van der Waals surface area contributed by atoms with Crippen molar-refractivity contribution < 1.29 is 56.4 Å². The minimum absolute atomic E-state index is 0.0858. The molecule has 0 aliphatic carbocycles. The van der Waals surface area contributed by atoms with Crippen LogP contribution < -0.4 is 4.90 Å². The van der Waals surface area contributed by atoms with Crippen molar-refractivity contribution >= 4 is 35.5 Å². The second kappa shape index (κ2) is 16.9. The van der Waals surface area contributed by atoms with Crippen LogP contribution in [-0.4, -0.2) is 66.9 Å². The molecule has 0 spiro atoms. The van der Waals surface area contributed by atoms with Crippen molar-refractivity contribution in [2.24, 2.45) is 5.92 Å². The van der Waals surface area contributed by atoms with E-state index < -0.39 is 60.2 Å². The van der Waals surface area contributed by atoms with E-state index in [0.717, 1.165) is 30.5 Å². The van der Waals surface area contributed by atoms with E-state index in [0.29, 0.717) is 24.9 Å². The van der Waals surface area contributed by atoms with Crippen molar-refractivity contribution in [1.82, 2.24) is 0 Å². The van der Waals surface area contributed by atoms with Crippen LogP contribution in [0.15, 0.2) is 72.8 Å². The summed E-state index contributed by atoms with van der Waals surface area (Å²) < 4.78 is 55.2. The second-order valence-electron chi connectivity index (χ2n) is 12.9. The molecule has 7 atom stereocenters. The number of aryl methyl sites for hydroxylation is 1. The van der Waals surface area contributed by atoms with Crippen molar-refractivity contribution in [3.8, 4) is 0 Å². The van der Waals surface area contributed by atoms with Gasteiger partial charge >= 0.3 is 23.9 Å². The molecule has 2 aliphatic heterocycles. The van der Waals surface area contributed by atoms with Crippen LogP contribution in [0.2, 0.25) is 0 Å². The number of carbonyl (C=O) groups excluding carboxylic acids is 5. The third-order valence-corrected chi connectivity index (χ3v) is 9.06. The zero-order valence-corrected chi connectivity index (χ0v) is 29.3. The molecular weight excluding hydrogens is 680 g/mol. The van der Waals surface area contributed by atoms with Crippen molar-refractivity contribution in [3.63, 3.8) is 0 Å². The molecule has 2 saturated heterocycles. The van der Waals surface area contributed by atoms with E-state index in [1.165, 1.54) is 38.1 Å². The average Bonchev–Trinajstić information content (AvgIpc) is 3.08. The number of benzene rings is 3. The van der Waals surface area contributed by atoms with Crippen molar-refractivity contribution in [2.45, 2.75) is 89.9 Å². The largest absolute Gasteiger partial charge is 0.463 e. The summed E-state index contributed by atoms with van der Waals surface area (Å²) in [6, 6.07) is 19.1. The number of carbonyl (C=O) groups is 5. The first-order chi connectivity index (χ1) is 24.8. The highest BCUT2D eigenvalue weighted by molar-refractivity contribution is 6.03. The molecule has 5 rings (SSSR count). The van der Waals surface area contributed by atoms with Gasteiger partial charge < -0.3 is 28.6 Å². The Bertz CT molecular complexity index is 1750. The Labute approximate surface area is 300 Å². The predicted molar refractivity (Wildman–Crippen MR) is 182 cm³/mol. The van der Waals surface area contributed by atoms with E-state index in [9.17, 15) is 32.8 Å². The summed E-state index contributed by atoms with van der Waals surface area (Å²) >= 11 is 0. The summed E-state index contributed by atoms with van der Waals surface area (Å²) in [5.74, 6) is -3.90. The molecule has 13 heteroatoms. The first-order valence-corrected chi connectivity index (χ1v) is 17.0. The topological polar surface area (TPSA) is 135 Å². The number of rotatable bonds is 13. The summed E-state index contributed by atoms with van der Waals surface area (Å²) in [7, 11) is 0. The van der Waals surface area contributed by atoms with Gasteiger partial charge in [-0.3, -0.25) is 24.0 Å². The molecule has 2 aliphatic rings. The lowest BCUT2D eigenvalue weighted by molar-refractivity contribution is -0.252. The summed E-state index contributed by atoms with van der Waals surface area (Å²) in [5.41, 5.74) is 3.09. The van der Waals surface area contributed by atoms with E-state index in [4.69, 9.17) is 23.7 Å². The smallest absolute Gasteiger partial charge is 0.303 e. The Hall–Kier alpha value is -5.17. The van der Waals surface area contributed by atoms with Crippen LogP contribution in [0, 0.1) is 17.6 Å². The van der Waals surface area contributed by atoms with Gasteiger partial charge in [-0.05, 0) is 72.4 Å². The standard InChI is InChI=1S/C39H41F2NO10/c1-22(43)48-21-34-37(50-24(3)45)38(51-25(4)46)36(49-23(2)44)33(52-34)20-27-8-12-28(13-9-27)35-32(7-5-6-26-10-14-29(40)15-11-26)39(47)42(35)31-18-16-30(41)17-19-31/h8-19,32-38H,5-7,20-21H2,1-4H3/t32-,33+,34-,35-,36+,37+,38-/m1/s1. The third kappa shape index (κ3) is 9.38. The van der Waals surface area contributed by atoms with Gasteiger partial charge in [-0.1, -0.05) is 36.4 Å². The number of halogens is 2. The monoisotopic (exact) mass is 721 g/mol. The van der Waals surface area contributed by atoms with Crippen LogP contribution in [0.1, 0.15) is 63.3 Å². The summed E-state index contributed by atoms with van der Waals surface area (Å²) in [6.45, 7) is 4.38. The number of hydrogen-bond acceptors (Lipinski definition) is 10. The van der Waals surface area contributed by atoms with Gasteiger partial charge in [-0.2, -0.15) is 0 Å². The number of β-lactam (4-membered cyclic amide) rings is 1. The molecule has 52 heavy (non-hydrogen) atoms. The number of ether oxygens (including phenoxy) is 5. The van der Waals surface area contributed by atoms with Crippen LogP contribution in [-0.2, 0) is 60.5 Å². The van der Waals surface area contributed by atoms with Gasteiger partial charge in [0.1, 0.15) is 30.4 Å². The third-order valence-electron chi connectivity index (χ3n) is 9.06. The zero-order valence-electron chi connectivity index (χ0n) is 29.3. The van der Waals surface area contributed by atoms with Gasteiger partial charge in [-0.25, -0.2) is 8.78 Å². The molecular formula is C39H41F2NO10. The number of anilines is 1. The maximum atomic E-state index is 13.8. The summed E-state index contributed by atoms with van der Waals surface area (Å²) in [4.78, 5) is 63.4. The Morgan fingerprint density at radius 1 is 0.673 bits per heavy atom.